The molecule has 2 fully saturated rings. The first kappa shape index (κ1) is 25.5. The van der Waals surface area contributed by atoms with Crippen LogP contribution in [0, 0.1) is 0 Å². The average molecular weight is 452 g/mol. The quantitative estimate of drug-likeness (QED) is 0.722. The zero-order chi connectivity index (χ0) is 18.5. The highest BCUT2D eigenvalue weighted by Gasteiger charge is 2.28. The van der Waals surface area contributed by atoms with E-state index >= 15 is 0 Å². The van der Waals surface area contributed by atoms with E-state index in [-0.39, 0.29) is 36.8 Å². The molecule has 1 amide bonds. The van der Waals surface area contributed by atoms with E-state index in [1.807, 2.05) is 18.2 Å². The molecule has 0 bridgehead atoms. The van der Waals surface area contributed by atoms with Gasteiger partial charge in [0.25, 0.3) is 0 Å². The highest BCUT2D eigenvalue weighted by molar-refractivity contribution is 6.31. The summed E-state index contributed by atoms with van der Waals surface area (Å²) in [6, 6.07) is 8.98. The number of piperazine rings is 1. The number of halogens is 3. The van der Waals surface area contributed by atoms with Crippen LogP contribution in [0.15, 0.2) is 24.3 Å². The molecule has 8 heteroatoms. The molecule has 2 aliphatic rings. The van der Waals surface area contributed by atoms with Crippen molar-refractivity contribution >= 4 is 42.3 Å². The Bertz CT molecular complexity index is 609. The predicted molar refractivity (Wildman–Crippen MR) is 121 cm³/mol. The molecule has 5 nitrogen and oxygen atoms in total. The van der Waals surface area contributed by atoms with Crippen molar-refractivity contribution in [3.8, 4) is 0 Å². The van der Waals surface area contributed by atoms with Crippen LogP contribution in [0.25, 0.3) is 0 Å². The van der Waals surface area contributed by atoms with Crippen molar-refractivity contribution < 1.29 is 4.79 Å². The molecule has 0 aliphatic carbocycles. The minimum Gasteiger partial charge on any atom is -0.352 e. The third-order valence-electron chi connectivity index (χ3n) is 5.59. The van der Waals surface area contributed by atoms with Gasteiger partial charge in [-0.05, 0) is 38.3 Å². The van der Waals surface area contributed by atoms with Crippen LogP contribution in [0.4, 0.5) is 0 Å². The molecule has 0 aromatic heterocycles. The van der Waals surface area contributed by atoms with Crippen LogP contribution >= 0.6 is 36.4 Å². The first-order valence-corrected chi connectivity index (χ1v) is 10.1. The monoisotopic (exact) mass is 450 g/mol. The van der Waals surface area contributed by atoms with E-state index in [0.717, 1.165) is 56.2 Å². The Balaban J connectivity index is 0.00000196. The van der Waals surface area contributed by atoms with Crippen molar-refractivity contribution in [3.05, 3.63) is 34.9 Å². The van der Waals surface area contributed by atoms with Crippen molar-refractivity contribution in [1.82, 2.24) is 20.4 Å². The SMILES string of the molecule is CC(C)N1CCC(NC(=O)CN2CCNCC2c2ccccc2Cl)CC1.Cl.Cl. The summed E-state index contributed by atoms with van der Waals surface area (Å²) in [7, 11) is 0. The molecule has 160 valence electrons. The van der Waals surface area contributed by atoms with Gasteiger partial charge in [-0.25, -0.2) is 0 Å². The summed E-state index contributed by atoms with van der Waals surface area (Å²) < 4.78 is 0. The van der Waals surface area contributed by atoms with Gasteiger partial charge in [-0.2, -0.15) is 0 Å². The molecule has 0 spiro atoms. The van der Waals surface area contributed by atoms with Crippen molar-refractivity contribution in [2.24, 2.45) is 0 Å². The lowest BCUT2D eigenvalue weighted by Gasteiger charge is -2.38. The van der Waals surface area contributed by atoms with E-state index in [2.05, 4.69) is 40.3 Å². The second-order valence-electron chi connectivity index (χ2n) is 7.68. The first-order chi connectivity index (χ1) is 12.5. The van der Waals surface area contributed by atoms with Crippen LogP contribution < -0.4 is 10.6 Å². The van der Waals surface area contributed by atoms with Crippen LogP contribution in [0.1, 0.15) is 38.3 Å². The molecule has 1 aromatic carbocycles. The fourth-order valence-electron chi connectivity index (χ4n) is 4.01. The lowest BCUT2D eigenvalue weighted by molar-refractivity contribution is -0.124. The van der Waals surface area contributed by atoms with Gasteiger partial charge in [-0.15, -0.1) is 24.8 Å². The average Bonchev–Trinajstić information content (AvgIpc) is 2.63. The third kappa shape index (κ3) is 6.75. The number of hydrogen-bond acceptors (Lipinski definition) is 4. The normalized spacial score (nSPS) is 21.6. The van der Waals surface area contributed by atoms with Crippen molar-refractivity contribution in [2.75, 3.05) is 39.3 Å². The highest BCUT2D eigenvalue weighted by atomic mass is 35.5. The molecule has 2 N–H and O–H groups in total. The minimum atomic E-state index is 0. The van der Waals surface area contributed by atoms with Crippen LogP contribution in [0.2, 0.25) is 5.02 Å². The van der Waals surface area contributed by atoms with Gasteiger partial charge in [-0.3, -0.25) is 9.69 Å². The van der Waals surface area contributed by atoms with E-state index in [1.165, 1.54) is 0 Å². The van der Waals surface area contributed by atoms with Gasteiger partial charge in [0, 0.05) is 55.9 Å². The van der Waals surface area contributed by atoms with Gasteiger partial charge in [0.15, 0.2) is 0 Å². The summed E-state index contributed by atoms with van der Waals surface area (Å²) in [5, 5.41) is 7.45. The van der Waals surface area contributed by atoms with Crippen LogP contribution in [-0.4, -0.2) is 67.1 Å². The number of hydrogen-bond donors (Lipinski definition) is 2. The molecular weight excluding hydrogens is 419 g/mol. The van der Waals surface area contributed by atoms with Crippen LogP contribution in [0.3, 0.4) is 0 Å². The standard InChI is InChI=1S/C20H31ClN4O.2ClH/c1-15(2)24-10-7-16(8-11-24)23-20(26)14-25-12-9-22-13-19(25)17-5-3-4-6-18(17)21;;/h3-6,15-16,19,22H,7-14H2,1-2H3,(H,23,26);2*1H. The Morgan fingerprint density at radius 2 is 1.89 bits per heavy atom. The molecule has 1 unspecified atom stereocenters. The van der Waals surface area contributed by atoms with Gasteiger partial charge in [-0.1, -0.05) is 29.8 Å². The largest absolute Gasteiger partial charge is 0.352 e. The zero-order valence-electron chi connectivity index (χ0n) is 16.7. The second-order valence-corrected chi connectivity index (χ2v) is 8.09. The lowest BCUT2D eigenvalue weighted by Crippen LogP contribution is -2.52. The fraction of sp³-hybridized carbons (Fsp3) is 0.650. The molecular formula is C20H33Cl3N4O. The third-order valence-corrected chi connectivity index (χ3v) is 5.93. The van der Waals surface area contributed by atoms with Gasteiger partial charge in [0.1, 0.15) is 0 Å². The van der Waals surface area contributed by atoms with Crippen molar-refractivity contribution in [1.29, 1.82) is 0 Å². The number of amides is 1. The Labute approximate surface area is 186 Å². The molecule has 2 saturated heterocycles. The minimum absolute atomic E-state index is 0. The van der Waals surface area contributed by atoms with Crippen molar-refractivity contribution in [2.45, 2.75) is 44.8 Å². The number of nitrogens with one attached hydrogen (secondary N) is 2. The fourth-order valence-corrected chi connectivity index (χ4v) is 4.27. The number of piperidine rings is 1. The predicted octanol–water partition coefficient (Wildman–Crippen LogP) is 3.12. The number of likely N-dealkylation sites (tertiary alicyclic amines) is 1. The maximum absolute atomic E-state index is 12.6. The topological polar surface area (TPSA) is 47.6 Å². The number of benzene rings is 1. The van der Waals surface area contributed by atoms with Crippen LogP contribution in [0.5, 0.6) is 0 Å². The molecule has 0 radical (unpaired) electrons. The number of carbonyl (C=O) groups is 1. The van der Waals surface area contributed by atoms with Gasteiger partial charge < -0.3 is 15.5 Å². The van der Waals surface area contributed by atoms with Gasteiger partial charge in [0.2, 0.25) is 5.91 Å². The summed E-state index contributed by atoms with van der Waals surface area (Å²) in [5.41, 5.74) is 1.10. The Morgan fingerprint density at radius 3 is 2.54 bits per heavy atom. The highest BCUT2D eigenvalue weighted by Crippen LogP contribution is 2.28. The van der Waals surface area contributed by atoms with Gasteiger partial charge in [0.05, 0.1) is 6.54 Å². The summed E-state index contributed by atoms with van der Waals surface area (Å²) >= 11 is 6.39. The summed E-state index contributed by atoms with van der Waals surface area (Å²) in [4.78, 5) is 17.4. The summed E-state index contributed by atoms with van der Waals surface area (Å²) in [6.45, 7) is 9.62. The molecule has 1 aromatic rings. The summed E-state index contributed by atoms with van der Waals surface area (Å²) in [6.07, 6.45) is 2.08. The summed E-state index contributed by atoms with van der Waals surface area (Å²) in [5.74, 6) is 0.131. The first-order valence-electron chi connectivity index (χ1n) is 9.77. The van der Waals surface area contributed by atoms with E-state index in [4.69, 9.17) is 11.6 Å². The molecule has 28 heavy (non-hydrogen) atoms. The second kappa shape index (κ2) is 12.2. The van der Waals surface area contributed by atoms with E-state index in [9.17, 15) is 4.79 Å². The Hall–Kier alpha value is -0.560. The lowest BCUT2D eigenvalue weighted by atomic mass is 10.0. The number of nitrogens with zero attached hydrogens (tertiary/aromatic N) is 2. The number of carbonyl (C=O) groups excluding carboxylic acids is 1. The molecule has 1 atom stereocenters. The van der Waals surface area contributed by atoms with E-state index < -0.39 is 0 Å². The maximum atomic E-state index is 12.6. The van der Waals surface area contributed by atoms with Crippen molar-refractivity contribution in [3.63, 3.8) is 0 Å². The smallest absolute Gasteiger partial charge is 0.234 e. The number of rotatable bonds is 5. The zero-order valence-corrected chi connectivity index (χ0v) is 19.1. The van der Waals surface area contributed by atoms with Crippen LogP contribution in [-0.2, 0) is 4.79 Å². The Kier molecular flexibility index (Phi) is 11.1. The molecule has 3 rings (SSSR count). The van der Waals surface area contributed by atoms with E-state index in [1.54, 1.807) is 0 Å². The molecule has 2 aliphatic heterocycles. The maximum Gasteiger partial charge on any atom is 0.234 e. The van der Waals surface area contributed by atoms with Gasteiger partial charge >= 0.3 is 0 Å². The molecule has 0 saturated carbocycles. The molecule has 2 heterocycles. The van der Waals surface area contributed by atoms with E-state index in [0.29, 0.717) is 18.6 Å². The Morgan fingerprint density at radius 1 is 1.21 bits per heavy atom.